The van der Waals surface area contributed by atoms with Gasteiger partial charge in [0.15, 0.2) is 0 Å². The molecule has 24 heavy (non-hydrogen) atoms. The lowest BCUT2D eigenvalue weighted by molar-refractivity contribution is -0.130. The molecule has 1 N–H and O–H groups in total. The number of rotatable bonds is 4. The fraction of sp³-hybridized carbons (Fsp3) is 0.312. The molecule has 2 aromatic heterocycles. The summed E-state index contributed by atoms with van der Waals surface area (Å²) in [6.07, 6.45) is 6.05. The van der Waals surface area contributed by atoms with Gasteiger partial charge in [-0.1, -0.05) is 6.07 Å². The second kappa shape index (κ2) is 7.49. The summed E-state index contributed by atoms with van der Waals surface area (Å²) in [5, 5.41) is 2.58. The Morgan fingerprint density at radius 2 is 1.88 bits per heavy atom. The van der Waals surface area contributed by atoms with Gasteiger partial charge in [0, 0.05) is 44.8 Å². The highest BCUT2D eigenvalue weighted by Crippen LogP contribution is 2.12. The smallest absolute Gasteiger partial charge is 0.271 e. The monoisotopic (exact) mass is 326 g/mol. The van der Waals surface area contributed by atoms with Gasteiger partial charge in [-0.3, -0.25) is 14.6 Å². The molecule has 0 radical (unpaired) electrons. The third kappa shape index (κ3) is 3.83. The molecule has 0 spiro atoms. The molecule has 1 fully saturated rings. The van der Waals surface area contributed by atoms with Crippen LogP contribution in [0.3, 0.4) is 0 Å². The number of nitrogens with one attached hydrogen (secondary N) is 1. The predicted molar refractivity (Wildman–Crippen MR) is 87.4 cm³/mol. The lowest BCUT2D eigenvalue weighted by Gasteiger charge is -2.35. The lowest BCUT2D eigenvalue weighted by Crippen LogP contribution is -2.51. The molecule has 8 nitrogen and oxygen atoms in total. The van der Waals surface area contributed by atoms with Gasteiger partial charge < -0.3 is 15.1 Å². The van der Waals surface area contributed by atoms with Crippen molar-refractivity contribution >= 4 is 17.6 Å². The molecule has 1 aliphatic heterocycles. The van der Waals surface area contributed by atoms with Crippen LogP contribution < -0.4 is 10.2 Å². The normalized spacial score (nSPS) is 14.3. The van der Waals surface area contributed by atoms with E-state index in [1.165, 1.54) is 18.6 Å². The van der Waals surface area contributed by atoms with Crippen molar-refractivity contribution in [2.24, 2.45) is 0 Å². The van der Waals surface area contributed by atoms with Crippen LogP contribution in [0.15, 0.2) is 43.0 Å². The van der Waals surface area contributed by atoms with E-state index in [0.29, 0.717) is 13.1 Å². The molecule has 3 rings (SSSR count). The summed E-state index contributed by atoms with van der Waals surface area (Å²) in [7, 11) is 0. The van der Waals surface area contributed by atoms with Crippen molar-refractivity contribution in [2.75, 3.05) is 37.6 Å². The standard InChI is InChI=1S/C16H18N6O2/c23-15(12-20-16(24)13-11-17-5-6-18-13)22-9-7-21(8-10-22)14-3-1-2-4-19-14/h1-6,11H,7-10,12H2,(H,20,24). The van der Waals surface area contributed by atoms with Crippen LogP contribution in [0.4, 0.5) is 5.82 Å². The molecular weight excluding hydrogens is 308 g/mol. The number of piperazine rings is 1. The Hall–Kier alpha value is -3.03. The molecule has 1 aliphatic rings. The molecule has 2 aromatic rings. The molecule has 2 amide bonds. The van der Waals surface area contributed by atoms with Gasteiger partial charge >= 0.3 is 0 Å². The van der Waals surface area contributed by atoms with E-state index >= 15 is 0 Å². The number of carbonyl (C=O) groups excluding carboxylic acids is 2. The van der Waals surface area contributed by atoms with E-state index < -0.39 is 5.91 Å². The second-order valence-electron chi connectivity index (χ2n) is 5.33. The topological polar surface area (TPSA) is 91.3 Å². The van der Waals surface area contributed by atoms with Crippen LogP contribution in [-0.2, 0) is 4.79 Å². The SMILES string of the molecule is O=C(NCC(=O)N1CCN(c2ccccn2)CC1)c1cnccn1. The second-order valence-corrected chi connectivity index (χ2v) is 5.33. The molecule has 0 bridgehead atoms. The number of anilines is 1. The molecular formula is C16H18N6O2. The first-order valence-corrected chi connectivity index (χ1v) is 7.72. The highest BCUT2D eigenvalue weighted by Gasteiger charge is 2.22. The Labute approximate surface area is 139 Å². The van der Waals surface area contributed by atoms with Crippen LogP contribution in [-0.4, -0.2) is 64.4 Å². The highest BCUT2D eigenvalue weighted by atomic mass is 16.2. The average Bonchev–Trinajstić information content (AvgIpc) is 2.67. The maximum atomic E-state index is 12.2. The quantitative estimate of drug-likeness (QED) is 0.847. The summed E-state index contributed by atoms with van der Waals surface area (Å²) in [6.45, 7) is 2.62. The van der Waals surface area contributed by atoms with Gasteiger partial charge in [0.05, 0.1) is 12.7 Å². The third-order valence-electron chi connectivity index (χ3n) is 3.80. The number of nitrogens with zero attached hydrogens (tertiary/aromatic N) is 5. The van der Waals surface area contributed by atoms with E-state index in [4.69, 9.17) is 0 Å². The van der Waals surface area contributed by atoms with Gasteiger partial charge in [-0.15, -0.1) is 0 Å². The van der Waals surface area contributed by atoms with Crippen LogP contribution in [0, 0.1) is 0 Å². The zero-order valence-electron chi connectivity index (χ0n) is 13.1. The van der Waals surface area contributed by atoms with Crippen LogP contribution in [0.5, 0.6) is 0 Å². The molecule has 124 valence electrons. The van der Waals surface area contributed by atoms with E-state index in [2.05, 4.69) is 25.2 Å². The van der Waals surface area contributed by atoms with Crippen molar-refractivity contribution in [1.29, 1.82) is 0 Å². The van der Waals surface area contributed by atoms with Crippen molar-refractivity contribution in [2.45, 2.75) is 0 Å². The molecule has 0 unspecified atom stereocenters. The molecule has 0 aromatic carbocycles. The zero-order valence-corrected chi connectivity index (χ0v) is 13.1. The summed E-state index contributed by atoms with van der Waals surface area (Å²) in [4.78, 5) is 40.0. The summed E-state index contributed by atoms with van der Waals surface area (Å²) >= 11 is 0. The van der Waals surface area contributed by atoms with E-state index in [-0.39, 0.29) is 18.1 Å². The number of hydrogen-bond donors (Lipinski definition) is 1. The van der Waals surface area contributed by atoms with E-state index in [0.717, 1.165) is 18.9 Å². The van der Waals surface area contributed by atoms with Gasteiger partial charge in [-0.05, 0) is 12.1 Å². The maximum Gasteiger partial charge on any atom is 0.271 e. The van der Waals surface area contributed by atoms with Crippen LogP contribution >= 0.6 is 0 Å². The van der Waals surface area contributed by atoms with Crippen molar-refractivity contribution in [3.8, 4) is 0 Å². The molecule has 0 aliphatic carbocycles. The minimum atomic E-state index is -0.399. The van der Waals surface area contributed by atoms with Gasteiger partial charge in [-0.25, -0.2) is 9.97 Å². The molecule has 0 saturated carbocycles. The Morgan fingerprint density at radius 3 is 2.54 bits per heavy atom. The molecule has 1 saturated heterocycles. The fourth-order valence-electron chi connectivity index (χ4n) is 2.50. The third-order valence-corrected chi connectivity index (χ3v) is 3.80. The van der Waals surface area contributed by atoms with E-state index in [9.17, 15) is 9.59 Å². The van der Waals surface area contributed by atoms with Gasteiger partial charge in [0.1, 0.15) is 11.5 Å². The summed E-state index contributed by atoms with van der Waals surface area (Å²) in [6, 6.07) is 5.78. The largest absolute Gasteiger partial charge is 0.353 e. The highest BCUT2D eigenvalue weighted by molar-refractivity contribution is 5.94. The molecule has 0 atom stereocenters. The number of pyridine rings is 1. The number of aromatic nitrogens is 3. The number of hydrogen-bond acceptors (Lipinski definition) is 6. The van der Waals surface area contributed by atoms with Crippen molar-refractivity contribution in [1.82, 2.24) is 25.2 Å². The Kier molecular flexibility index (Phi) is 4.95. The minimum Gasteiger partial charge on any atom is -0.353 e. The number of carbonyl (C=O) groups is 2. The van der Waals surface area contributed by atoms with E-state index in [1.807, 2.05) is 18.2 Å². The summed E-state index contributed by atoms with van der Waals surface area (Å²) in [5.41, 5.74) is 0.199. The van der Waals surface area contributed by atoms with Gasteiger partial charge in [0.2, 0.25) is 5.91 Å². The van der Waals surface area contributed by atoms with Crippen LogP contribution in [0.25, 0.3) is 0 Å². The molecule has 3 heterocycles. The van der Waals surface area contributed by atoms with Crippen LogP contribution in [0.1, 0.15) is 10.5 Å². The summed E-state index contributed by atoms with van der Waals surface area (Å²) in [5.74, 6) is 0.414. The van der Waals surface area contributed by atoms with E-state index in [1.54, 1.807) is 11.1 Å². The van der Waals surface area contributed by atoms with Crippen molar-refractivity contribution < 1.29 is 9.59 Å². The first-order valence-electron chi connectivity index (χ1n) is 7.72. The predicted octanol–water partition coefficient (Wildman–Crippen LogP) is -0.0498. The van der Waals surface area contributed by atoms with Crippen molar-refractivity contribution in [3.63, 3.8) is 0 Å². The summed E-state index contributed by atoms with van der Waals surface area (Å²) < 4.78 is 0. The van der Waals surface area contributed by atoms with Crippen molar-refractivity contribution in [3.05, 3.63) is 48.7 Å². The lowest BCUT2D eigenvalue weighted by atomic mass is 10.3. The maximum absolute atomic E-state index is 12.2. The zero-order chi connectivity index (χ0) is 16.8. The Morgan fingerprint density at radius 1 is 1.04 bits per heavy atom. The van der Waals surface area contributed by atoms with Gasteiger partial charge in [-0.2, -0.15) is 0 Å². The number of amides is 2. The Bertz CT molecular complexity index is 686. The van der Waals surface area contributed by atoms with Crippen LogP contribution in [0.2, 0.25) is 0 Å². The Balaban J connectivity index is 1.46. The first-order chi connectivity index (χ1) is 11.7. The fourth-order valence-corrected chi connectivity index (χ4v) is 2.50. The average molecular weight is 326 g/mol. The van der Waals surface area contributed by atoms with Gasteiger partial charge in [0.25, 0.3) is 5.91 Å². The minimum absolute atomic E-state index is 0.0427. The molecule has 8 heteroatoms. The first kappa shape index (κ1) is 15.9.